The van der Waals surface area contributed by atoms with E-state index in [2.05, 4.69) is 10.6 Å². The quantitative estimate of drug-likeness (QED) is 0.254. The molecule has 4 aromatic rings. The summed E-state index contributed by atoms with van der Waals surface area (Å²) in [6.45, 7) is 5.26. The van der Waals surface area contributed by atoms with Crippen LogP contribution in [0.5, 0.6) is 0 Å². The zero-order chi connectivity index (χ0) is 26.0. The lowest BCUT2D eigenvalue weighted by atomic mass is 10.1. The molecule has 6 nitrogen and oxygen atoms in total. The number of carbonyl (C=O) groups excluding carboxylic acids is 3. The molecule has 4 rings (SSSR count). The molecule has 0 spiro atoms. The number of rotatable bonds is 5. The molecule has 0 bridgehead atoms. The average molecular weight is 541 g/mol. The maximum atomic E-state index is 13.2. The van der Waals surface area contributed by atoms with Crippen LogP contribution in [-0.4, -0.2) is 23.4 Å². The number of ether oxygens (including phenoxy) is 1. The third-order valence-corrected chi connectivity index (χ3v) is 6.88. The maximum absolute atomic E-state index is 13.2. The Morgan fingerprint density at radius 3 is 2.31 bits per heavy atom. The molecule has 0 radical (unpaired) electrons. The van der Waals surface area contributed by atoms with Gasteiger partial charge in [0.2, 0.25) is 0 Å². The van der Waals surface area contributed by atoms with Gasteiger partial charge in [0.15, 0.2) is 0 Å². The van der Waals surface area contributed by atoms with E-state index in [0.29, 0.717) is 20.6 Å². The first-order valence-corrected chi connectivity index (χ1v) is 12.5. The number of esters is 1. The monoisotopic (exact) mass is 540 g/mol. The minimum Gasteiger partial charge on any atom is -0.456 e. The Kier molecular flexibility index (Phi) is 7.36. The van der Waals surface area contributed by atoms with E-state index in [1.54, 1.807) is 45.0 Å². The van der Waals surface area contributed by atoms with Gasteiger partial charge in [0.1, 0.15) is 10.5 Å². The lowest BCUT2D eigenvalue weighted by Gasteiger charge is -2.20. The summed E-state index contributed by atoms with van der Waals surface area (Å²) in [7, 11) is 0. The number of carbonyl (C=O) groups is 3. The van der Waals surface area contributed by atoms with E-state index in [4.69, 9.17) is 27.9 Å². The largest absolute Gasteiger partial charge is 0.456 e. The van der Waals surface area contributed by atoms with Crippen LogP contribution in [0, 0.1) is 0 Å². The van der Waals surface area contributed by atoms with Crippen molar-refractivity contribution in [3.8, 4) is 0 Å². The summed E-state index contributed by atoms with van der Waals surface area (Å²) in [4.78, 5) is 39.4. The third-order valence-electron chi connectivity index (χ3n) is 4.97. The van der Waals surface area contributed by atoms with Gasteiger partial charge >= 0.3 is 5.97 Å². The van der Waals surface area contributed by atoms with Gasteiger partial charge in [-0.25, -0.2) is 4.79 Å². The van der Waals surface area contributed by atoms with E-state index in [-0.39, 0.29) is 16.8 Å². The summed E-state index contributed by atoms with van der Waals surface area (Å²) >= 11 is 13.7. The molecule has 0 aliphatic rings. The van der Waals surface area contributed by atoms with Gasteiger partial charge in [0.25, 0.3) is 11.8 Å². The predicted octanol–water partition coefficient (Wildman–Crippen LogP) is 7.67. The van der Waals surface area contributed by atoms with Crippen LogP contribution in [0.15, 0.2) is 66.7 Å². The standard InChI is InChI=1S/C27H22Cl2N2O4S/c1-27(2,3)35-26(34)15-11-12-18(24(32)30-17-8-6-7-16(28)14-17)20(13-15)31-25(33)23-22(29)19-9-4-5-10-21(19)36-23/h4-14H,1-3H3,(H,30,32)(H,31,33). The molecule has 0 aliphatic heterocycles. The van der Waals surface area contributed by atoms with Crippen molar-refractivity contribution < 1.29 is 19.1 Å². The van der Waals surface area contributed by atoms with Crippen LogP contribution < -0.4 is 10.6 Å². The third kappa shape index (κ3) is 5.87. The van der Waals surface area contributed by atoms with Crippen molar-refractivity contribution in [1.82, 2.24) is 0 Å². The van der Waals surface area contributed by atoms with Gasteiger partial charge in [-0.3, -0.25) is 9.59 Å². The topological polar surface area (TPSA) is 84.5 Å². The average Bonchev–Trinajstić information content (AvgIpc) is 3.14. The number of fused-ring (bicyclic) bond motifs is 1. The van der Waals surface area contributed by atoms with Gasteiger partial charge in [-0.05, 0) is 63.2 Å². The van der Waals surface area contributed by atoms with E-state index in [1.807, 2.05) is 24.3 Å². The van der Waals surface area contributed by atoms with Crippen LogP contribution in [0.2, 0.25) is 10.0 Å². The van der Waals surface area contributed by atoms with E-state index < -0.39 is 23.4 Å². The van der Waals surface area contributed by atoms with E-state index in [9.17, 15) is 14.4 Å². The zero-order valence-corrected chi connectivity index (χ0v) is 22.0. The maximum Gasteiger partial charge on any atom is 0.338 e. The normalized spacial score (nSPS) is 11.2. The van der Waals surface area contributed by atoms with Gasteiger partial charge in [0, 0.05) is 20.8 Å². The van der Waals surface area contributed by atoms with E-state index in [0.717, 1.165) is 10.1 Å². The zero-order valence-electron chi connectivity index (χ0n) is 19.6. The second kappa shape index (κ2) is 10.3. The van der Waals surface area contributed by atoms with Crippen LogP contribution in [0.25, 0.3) is 10.1 Å². The Labute approximate surface area is 222 Å². The van der Waals surface area contributed by atoms with Crippen molar-refractivity contribution in [2.24, 2.45) is 0 Å². The summed E-state index contributed by atoms with van der Waals surface area (Å²) in [5, 5.41) is 7.05. The number of amides is 2. The number of benzene rings is 3. The van der Waals surface area contributed by atoms with Crippen LogP contribution in [0.4, 0.5) is 11.4 Å². The number of nitrogens with one attached hydrogen (secondary N) is 2. The Bertz CT molecular complexity index is 1490. The second-order valence-electron chi connectivity index (χ2n) is 8.92. The minimum atomic E-state index is -0.715. The Morgan fingerprint density at radius 2 is 1.61 bits per heavy atom. The molecule has 3 aromatic carbocycles. The molecular weight excluding hydrogens is 519 g/mol. The fourth-order valence-electron chi connectivity index (χ4n) is 3.41. The molecule has 184 valence electrons. The molecule has 0 saturated heterocycles. The molecule has 0 saturated carbocycles. The number of hydrogen-bond donors (Lipinski definition) is 2. The van der Waals surface area contributed by atoms with Crippen LogP contribution in [0.3, 0.4) is 0 Å². The van der Waals surface area contributed by atoms with E-state index >= 15 is 0 Å². The molecule has 0 fully saturated rings. The van der Waals surface area contributed by atoms with Crippen molar-refractivity contribution in [2.45, 2.75) is 26.4 Å². The summed E-state index contributed by atoms with van der Waals surface area (Å²) < 4.78 is 6.31. The molecule has 2 N–H and O–H groups in total. The molecule has 1 heterocycles. The molecule has 2 amide bonds. The smallest absolute Gasteiger partial charge is 0.338 e. The lowest BCUT2D eigenvalue weighted by Crippen LogP contribution is -2.24. The molecule has 36 heavy (non-hydrogen) atoms. The first-order valence-electron chi connectivity index (χ1n) is 10.9. The molecule has 0 atom stereocenters. The lowest BCUT2D eigenvalue weighted by molar-refractivity contribution is 0.00692. The van der Waals surface area contributed by atoms with Crippen molar-refractivity contribution in [1.29, 1.82) is 0 Å². The number of anilines is 2. The summed E-state index contributed by atoms with van der Waals surface area (Å²) in [5.74, 6) is -1.58. The highest BCUT2D eigenvalue weighted by Crippen LogP contribution is 2.36. The first kappa shape index (κ1) is 25.7. The fraction of sp³-hybridized carbons (Fsp3) is 0.148. The number of thiophene rings is 1. The van der Waals surface area contributed by atoms with Crippen molar-refractivity contribution in [2.75, 3.05) is 10.6 Å². The molecule has 1 aromatic heterocycles. The highest BCUT2D eigenvalue weighted by Gasteiger charge is 2.23. The summed E-state index contributed by atoms with van der Waals surface area (Å²) in [5.41, 5.74) is 0.230. The summed E-state index contributed by atoms with van der Waals surface area (Å²) in [6.07, 6.45) is 0. The van der Waals surface area contributed by atoms with Gasteiger partial charge in [-0.15, -0.1) is 11.3 Å². The Morgan fingerprint density at radius 1 is 0.861 bits per heavy atom. The van der Waals surface area contributed by atoms with Crippen molar-refractivity contribution >= 4 is 73.8 Å². The fourth-order valence-corrected chi connectivity index (χ4v) is 5.02. The number of hydrogen-bond acceptors (Lipinski definition) is 5. The highest BCUT2D eigenvalue weighted by molar-refractivity contribution is 7.21. The molecule has 0 unspecified atom stereocenters. The Hall–Kier alpha value is -3.39. The van der Waals surface area contributed by atoms with Gasteiger partial charge < -0.3 is 15.4 Å². The van der Waals surface area contributed by atoms with Gasteiger partial charge in [-0.2, -0.15) is 0 Å². The molecule has 0 aliphatic carbocycles. The predicted molar refractivity (Wildman–Crippen MR) is 146 cm³/mol. The SMILES string of the molecule is CC(C)(C)OC(=O)c1ccc(C(=O)Nc2cccc(Cl)c2)c(NC(=O)c2sc3ccccc3c2Cl)c1. The van der Waals surface area contributed by atoms with Crippen molar-refractivity contribution in [3.63, 3.8) is 0 Å². The van der Waals surface area contributed by atoms with Crippen LogP contribution in [0.1, 0.15) is 51.2 Å². The van der Waals surface area contributed by atoms with Crippen LogP contribution in [-0.2, 0) is 4.74 Å². The highest BCUT2D eigenvalue weighted by atomic mass is 35.5. The first-order chi connectivity index (χ1) is 17.0. The number of halogens is 2. The molecule has 9 heteroatoms. The second-order valence-corrected chi connectivity index (χ2v) is 10.8. The van der Waals surface area contributed by atoms with Gasteiger partial charge in [0.05, 0.1) is 21.8 Å². The Balaban J connectivity index is 1.70. The van der Waals surface area contributed by atoms with Crippen LogP contribution >= 0.6 is 34.5 Å². The van der Waals surface area contributed by atoms with Gasteiger partial charge in [-0.1, -0.05) is 47.5 Å². The molecular formula is C27H22Cl2N2O4S. The van der Waals surface area contributed by atoms with Crippen molar-refractivity contribution in [3.05, 3.63) is 92.8 Å². The van der Waals surface area contributed by atoms with E-state index in [1.165, 1.54) is 29.5 Å². The minimum absolute atomic E-state index is 0.136. The summed E-state index contributed by atoms with van der Waals surface area (Å²) in [6, 6.07) is 18.4.